The zero-order valence-corrected chi connectivity index (χ0v) is 10.3. The van der Waals surface area contributed by atoms with Gasteiger partial charge in [-0.15, -0.1) is 0 Å². The van der Waals surface area contributed by atoms with Gasteiger partial charge in [0.05, 0.1) is 19.6 Å². The number of esters is 2. The Balaban J connectivity index is 2.12. The van der Waals surface area contributed by atoms with Crippen LogP contribution >= 0.6 is 0 Å². The Bertz CT molecular complexity index is 360. The van der Waals surface area contributed by atoms with Crippen LogP contribution in [-0.4, -0.2) is 26.2 Å². The lowest BCUT2D eigenvalue weighted by atomic mass is 9.72. The fraction of sp³-hybridized carbons (Fsp3) is 0.692. The first-order valence-corrected chi connectivity index (χ1v) is 5.96. The van der Waals surface area contributed by atoms with E-state index in [1.807, 2.05) is 0 Å². The first kappa shape index (κ1) is 12.1. The molecule has 0 aromatic heterocycles. The van der Waals surface area contributed by atoms with E-state index in [2.05, 4.69) is 16.9 Å². The Morgan fingerprint density at radius 1 is 1.29 bits per heavy atom. The Morgan fingerprint density at radius 2 is 2.06 bits per heavy atom. The zero-order chi connectivity index (χ0) is 12.5. The van der Waals surface area contributed by atoms with E-state index in [0.717, 1.165) is 12.8 Å². The average Bonchev–Trinajstić information content (AvgIpc) is 2.95. The molecule has 0 saturated heterocycles. The van der Waals surface area contributed by atoms with Crippen molar-refractivity contribution in [3.8, 4) is 0 Å². The molecular weight excluding hydrogens is 220 g/mol. The first-order valence-electron chi connectivity index (χ1n) is 5.96. The van der Waals surface area contributed by atoms with Gasteiger partial charge in [0.15, 0.2) is 0 Å². The third-order valence-corrected chi connectivity index (χ3v) is 4.10. The molecule has 0 radical (unpaired) electrons. The third kappa shape index (κ3) is 1.96. The van der Waals surface area contributed by atoms with E-state index >= 15 is 0 Å². The minimum atomic E-state index is -0.498. The van der Waals surface area contributed by atoms with Gasteiger partial charge in [-0.2, -0.15) is 0 Å². The van der Waals surface area contributed by atoms with E-state index in [9.17, 15) is 9.59 Å². The summed E-state index contributed by atoms with van der Waals surface area (Å²) in [6.07, 6.45) is 6.89. The minimum Gasteiger partial charge on any atom is -0.469 e. The molecule has 1 saturated carbocycles. The molecule has 2 aliphatic rings. The number of rotatable bonds is 4. The largest absolute Gasteiger partial charge is 0.469 e. The lowest BCUT2D eigenvalue weighted by Gasteiger charge is -2.32. The molecule has 94 valence electrons. The molecule has 0 N–H and O–H groups in total. The Morgan fingerprint density at radius 3 is 2.53 bits per heavy atom. The summed E-state index contributed by atoms with van der Waals surface area (Å²) in [6.45, 7) is 0. The molecule has 1 fully saturated rings. The summed E-state index contributed by atoms with van der Waals surface area (Å²) in [7, 11) is 2.78. The molecule has 4 nitrogen and oxygen atoms in total. The molecule has 17 heavy (non-hydrogen) atoms. The third-order valence-electron chi connectivity index (χ3n) is 4.10. The Kier molecular flexibility index (Phi) is 3.22. The molecule has 0 aliphatic heterocycles. The summed E-state index contributed by atoms with van der Waals surface area (Å²) in [4.78, 5) is 23.3. The molecule has 3 unspecified atom stereocenters. The molecule has 0 aromatic rings. The van der Waals surface area contributed by atoms with Crippen molar-refractivity contribution in [2.24, 2.45) is 17.3 Å². The maximum Gasteiger partial charge on any atom is 0.312 e. The highest BCUT2D eigenvalue weighted by Gasteiger charge is 2.54. The van der Waals surface area contributed by atoms with Gasteiger partial charge in [-0.3, -0.25) is 9.59 Å². The fourth-order valence-corrected chi connectivity index (χ4v) is 3.21. The number of hydrogen-bond donors (Lipinski definition) is 0. The van der Waals surface area contributed by atoms with Crippen molar-refractivity contribution in [2.45, 2.75) is 25.7 Å². The van der Waals surface area contributed by atoms with Crippen molar-refractivity contribution in [2.75, 3.05) is 14.2 Å². The van der Waals surface area contributed by atoms with Crippen LogP contribution in [0.5, 0.6) is 0 Å². The van der Waals surface area contributed by atoms with Gasteiger partial charge < -0.3 is 9.47 Å². The van der Waals surface area contributed by atoms with Crippen LogP contribution in [0.2, 0.25) is 0 Å². The predicted octanol–water partition coefficient (Wildman–Crippen LogP) is 1.69. The highest BCUT2D eigenvalue weighted by molar-refractivity contribution is 5.79. The number of allylic oxidation sites excluding steroid dienone is 2. The monoisotopic (exact) mass is 238 g/mol. The highest BCUT2D eigenvalue weighted by atomic mass is 16.5. The van der Waals surface area contributed by atoms with Crippen LogP contribution < -0.4 is 0 Å². The van der Waals surface area contributed by atoms with Crippen molar-refractivity contribution >= 4 is 11.9 Å². The quantitative estimate of drug-likeness (QED) is 0.552. The standard InChI is InChI=1S/C13H18O4/c1-16-11(14)5-6-13(12(15)17-2)8-9-3-4-10(13)7-9/h3-4,9-10H,5-8H2,1-2H3. The summed E-state index contributed by atoms with van der Waals surface area (Å²) in [5.74, 6) is 0.250. The summed E-state index contributed by atoms with van der Waals surface area (Å²) in [6, 6.07) is 0. The summed E-state index contributed by atoms with van der Waals surface area (Å²) in [5.41, 5.74) is -0.498. The SMILES string of the molecule is COC(=O)CCC1(C(=O)OC)CC2C=CC1C2. The Hall–Kier alpha value is -1.32. The molecule has 2 rings (SSSR count). The van der Waals surface area contributed by atoms with E-state index in [4.69, 9.17) is 4.74 Å². The van der Waals surface area contributed by atoms with Crippen LogP contribution in [0, 0.1) is 17.3 Å². The fourth-order valence-electron chi connectivity index (χ4n) is 3.21. The molecular formula is C13H18O4. The van der Waals surface area contributed by atoms with Crippen molar-refractivity contribution in [3.63, 3.8) is 0 Å². The molecule has 3 atom stereocenters. The zero-order valence-electron chi connectivity index (χ0n) is 10.3. The molecule has 2 bridgehead atoms. The lowest BCUT2D eigenvalue weighted by molar-refractivity contribution is -0.156. The van der Waals surface area contributed by atoms with E-state index in [-0.39, 0.29) is 24.3 Å². The van der Waals surface area contributed by atoms with Gasteiger partial charge in [0.2, 0.25) is 0 Å². The van der Waals surface area contributed by atoms with Crippen molar-refractivity contribution in [1.82, 2.24) is 0 Å². The van der Waals surface area contributed by atoms with Crippen LogP contribution in [0.15, 0.2) is 12.2 Å². The van der Waals surface area contributed by atoms with Crippen LogP contribution in [0.25, 0.3) is 0 Å². The number of methoxy groups -OCH3 is 2. The van der Waals surface area contributed by atoms with Crippen molar-refractivity contribution in [3.05, 3.63) is 12.2 Å². The van der Waals surface area contributed by atoms with Crippen molar-refractivity contribution in [1.29, 1.82) is 0 Å². The van der Waals surface area contributed by atoms with Gasteiger partial charge in [0.1, 0.15) is 0 Å². The van der Waals surface area contributed by atoms with E-state index < -0.39 is 5.41 Å². The molecule has 0 spiro atoms. The summed E-state index contributed by atoms with van der Waals surface area (Å²) < 4.78 is 9.57. The lowest BCUT2D eigenvalue weighted by Crippen LogP contribution is -2.37. The second kappa shape index (κ2) is 4.51. The minimum absolute atomic E-state index is 0.182. The van der Waals surface area contributed by atoms with Gasteiger partial charge in [0, 0.05) is 6.42 Å². The van der Waals surface area contributed by atoms with E-state index in [1.54, 1.807) is 0 Å². The van der Waals surface area contributed by atoms with Crippen molar-refractivity contribution < 1.29 is 19.1 Å². The topological polar surface area (TPSA) is 52.6 Å². The molecule has 2 aliphatic carbocycles. The second-order valence-electron chi connectivity index (χ2n) is 4.92. The molecule has 0 amide bonds. The summed E-state index contributed by atoms with van der Waals surface area (Å²) in [5, 5.41) is 0. The Labute approximate surface area is 101 Å². The van der Waals surface area contributed by atoms with Gasteiger partial charge in [-0.25, -0.2) is 0 Å². The second-order valence-corrected chi connectivity index (χ2v) is 4.92. The number of carbonyl (C=O) groups excluding carboxylic acids is 2. The molecule has 4 heteroatoms. The normalized spacial score (nSPS) is 33.8. The average molecular weight is 238 g/mol. The summed E-state index contributed by atoms with van der Waals surface area (Å²) >= 11 is 0. The number of hydrogen-bond acceptors (Lipinski definition) is 4. The predicted molar refractivity (Wildman–Crippen MR) is 61.1 cm³/mol. The van der Waals surface area contributed by atoms with Gasteiger partial charge >= 0.3 is 11.9 Å². The van der Waals surface area contributed by atoms with E-state index in [0.29, 0.717) is 12.3 Å². The maximum atomic E-state index is 12.0. The number of ether oxygens (including phenoxy) is 2. The van der Waals surface area contributed by atoms with Crippen LogP contribution in [-0.2, 0) is 19.1 Å². The van der Waals surface area contributed by atoms with E-state index in [1.165, 1.54) is 14.2 Å². The number of fused-ring (bicyclic) bond motifs is 2. The van der Waals surface area contributed by atoms with Gasteiger partial charge in [-0.05, 0) is 31.1 Å². The van der Waals surface area contributed by atoms with Crippen LogP contribution in [0.3, 0.4) is 0 Å². The maximum absolute atomic E-state index is 12.0. The molecule has 0 aromatic carbocycles. The first-order chi connectivity index (χ1) is 8.12. The van der Waals surface area contributed by atoms with Gasteiger partial charge in [-0.1, -0.05) is 12.2 Å². The number of carbonyl (C=O) groups is 2. The molecule has 0 heterocycles. The van der Waals surface area contributed by atoms with Crippen LogP contribution in [0.1, 0.15) is 25.7 Å². The highest BCUT2D eigenvalue weighted by Crippen LogP contribution is 2.55. The van der Waals surface area contributed by atoms with Gasteiger partial charge in [0.25, 0.3) is 0 Å². The van der Waals surface area contributed by atoms with Crippen LogP contribution in [0.4, 0.5) is 0 Å². The smallest absolute Gasteiger partial charge is 0.312 e.